The first-order chi connectivity index (χ1) is 12.5. The van der Waals surface area contributed by atoms with Crippen LogP contribution in [0.25, 0.3) is 0 Å². The maximum Gasteiger partial charge on any atom is 0.319 e. The van der Waals surface area contributed by atoms with Gasteiger partial charge in [-0.1, -0.05) is 18.2 Å². The van der Waals surface area contributed by atoms with Gasteiger partial charge in [-0.05, 0) is 56.2 Å². The summed E-state index contributed by atoms with van der Waals surface area (Å²) in [7, 11) is 0. The third-order valence-corrected chi connectivity index (χ3v) is 4.08. The molecule has 1 aliphatic heterocycles. The standard InChI is InChI=1S/C20H23N3O3/c1-13(2)21-20(25)23-17-9-7-16(8-10-17)22-19(24)15-11-14-5-3-4-6-18(14)26-12-15/h3-10,13,15H,11-12H2,1-2H3,(H,22,24)(H2,21,23,25). The van der Waals surface area contributed by atoms with Gasteiger partial charge in [-0.3, -0.25) is 4.79 Å². The Labute approximate surface area is 152 Å². The van der Waals surface area contributed by atoms with Crippen molar-refractivity contribution in [1.29, 1.82) is 0 Å². The molecule has 6 nitrogen and oxygen atoms in total. The van der Waals surface area contributed by atoms with Crippen molar-refractivity contribution in [2.75, 3.05) is 17.2 Å². The molecule has 0 fully saturated rings. The molecule has 0 radical (unpaired) electrons. The second-order valence-electron chi connectivity index (χ2n) is 6.64. The zero-order chi connectivity index (χ0) is 18.5. The summed E-state index contributed by atoms with van der Waals surface area (Å²) in [5.74, 6) is 0.559. The van der Waals surface area contributed by atoms with E-state index in [9.17, 15) is 9.59 Å². The molecular formula is C20H23N3O3. The van der Waals surface area contributed by atoms with Crippen LogP contribution in [0.3, 0.4) is 0 Å². The van der Waals surface area contributed by atoms with Crippen LogP contribution in [0.1, 0.15) is 19.4 Å². The first-order valence-corrected chi connectivity index (χ1v) is 8.70. The summed E-state index contributed by atoms with van der Waals surface area (Å²) in [5.41, 5.74) is 2.40. The number of fused-ring (bicyclic) bond motifs is 1. The molecule has 1 atom stereocenters. The van der Waals surface area contributed by atoms with Crippen LogP contribution in [0.2, 0.25) is 0 Å². The molecule has 0 saturated heterocycles. The van der Waals surface area contributed by atoms with Gasteiger partial charge >= 0.3 is 6.03 Å². The highest BCUT2D eigenvalue weighted by molar-refractivity contribution is 5.94. The highest BCUT2D eigenvalue weighted by Crippen LogP contribution is 2.27. The van der Waals surface area contributed by atoms with E-state index in [0.29, 0.717) is 24.4 Å². The van der Waals surface area contributed by atoms with E-state index in [4.69, 9.17) is 4.74 Å². The van der Waals surface area contributed by atoms with Gasteiger partial charge in [0.25, 0.3) is 0 Å². The van der Waals surface area contributed by atoms with Crippen molar-refractivity contribution in [3.8, 4) is 5.75 Å². The minimum Gasteiger partial charge on any atom is -0.492 e. The zero-order valence-electron chi connectivity index (χ0n) is 14.9. The predicted octanol–water partition coefficient (Wildman–Crippen LogP) is 3.41. The SMILES string of the molecule is CC(C)NC(=O)Nc1ccc(NC(=O)C2COc3ccccc3C2)cc1. The van der Waals surface area contributed by atoms with Crippen LogP contribution in [0.15, 0.2) is 48.5 Å². The lowest BCUT2D eigenvalue weighted by molar-refractivity contribution is -0.121. The van der Waals surface area contributed by atoms with E-state index < -0.39 is 0 Å². The summed E-state index contributed by atoms with van der Waals surface area (Å²) < 4.78 is 5.67. The highest BCUT2D eigenvalue weighted by atomic mass is 16.5. The second-order valence-corrected chi connectivity index (χ2v) is 6.64. The van der Waals surface area contributed by atoms with Crippen LogP contribution in [0.4, 0.5) is 16.2 Å². The van der Waals surface area contributed by atoms with E-state index in [0.717, 1.165) is 11.3 Å². The number of hydrogen-bond acceptors (Lipinski definition) is 3. The molecule has 3 amide bonds. The number of hydrogen-bond donors (Lipinski definition) is 3. The average molecular weight is 353 g/mol. The second kappa shape index (κ2) is 7.91. The van der Waals surface area contributed by atoms with Gasteiger partial charge in [0.15, 0.2) is 0 Å². The van der Waals surface area contributed by atoms with Gasteiger partial charge < -0.3 is 20.7 Å². The molecule has 3 rings (SSSR count). The Bertz CT molecular complexity index is 787. The van der Waals surface area contributed by atoms with Crippen molar-refractivity contribution in [3.63, 3.8) is 0 Å². The van der Waals surface area contributed by atoms with Crippen LogP contribution in [-0.2, 0) is 11.2 Å². The number of rotatable bonds is 4. The molecule has 0 saturated carbocycles. The van der Waals surface area contributed by atoms with Crippen LogP contribution >= 0.6 is 0 Å². The maximum absolute atomic E-state index is 12.5. The van der Waals surface area contributed by atoms with E-state index in [1.54, 1.807) is 24.3 Å². The molecule has 1 heterocycles. The van der Waals surface area contributed by atoms with Crippen LogP contribution < -0.4 is 20.7 Å². The summed E-state index contributed by atoms with van der Waals surface area (Å²) in [6.45, 7) is 4.16. The monoisotopic (exact) mass is 353 g/mol. The zero-order valence-corrected chi connectivity index (χ0v) is 14.9. The molecule has 6 heteroatoms. The number of carbonyl (C=O) groups excluding carboxylic acids is 2. The number of amides is 3. The number of urea groups is 1. The molecule has 0 bridgehead atoms. The van der Waals surface area contributed by atoms with Gasteiger partial charge in [-0.25, -0.2) is 4.79 Å². The minimum absolute atomic E-state index is 0.0661. The van der Waals surface area contributed by atoms with E-state index in [1.165, 1.54) is 0 Å². The quantitative estimate of drug-likeness (QED) is 0.788. The lowest BCUT2D eigenvalue weighted by Gasteiger charge is -2.24. The van der Waals surface area contributed by atoms with E-state index in [1.807, 2.05) is 38.1 Å². The topological polar surface area (TPSA) is 79.5 Å². The van der Waals surface area contributed by atoms with Gasteiger partial charge in [0.05, 0.1) is 5.92 Å². The Balaban J connectivity index is 1.56. The molecule has 2 aromatic rings. The number of ether oxygens (including phenoxy) is 1. The van der Waals surface area contributed by atoms with E-state index in [2.05, 4.69) is 16.0 Å². The number of nitrogens with one attached hydrogen (secondary N) is 3. The van der Waals surface area contributed by atoms with Gasteiger partial charge in [0.2, 0.25) is 5.91 Å². The number of carbonyl (C=O) groups is 2. The largest absolute Gasteiger partial charge is 0.492 e. The van der Waals surface area contributed by atoms with Crippen molar-refractivity contribution in [1.82, 2.24) is 5.32 Å². The third-order valence-electron chi connectivity index (χ3n) is 4.08. The number of para-hydroxylation sites is 1. The molecule has 2 aromatic carbocycles. The van der Waals surface area contributed by atoms with Crippen molar-refractivity contribution >= 4 is 23.3 Å². The Hall–Kier alpha value is -3.02. The highest BCUT2D eigenvalue weighted by Gasteiger charge is 2.25. The van der Waals surface area contributed by atoms with Crippen LogP contribution in [0, 0.1) is 5.92 Å². The summed E-state index contributed by atoms with van der Waals surface area (Å²) in [5, 5.41) is 8.41. The fraction of sp³-hybridized carbons (Fsp3) is 0.300. The Morgan fingerprint density at radius 3 is 2.35 bits per heavy atom. The molecule has 1 unspecified atom stereocenters. The predicted molar refractivity (Wildman–Crippen MR) is 101 cm³/mol. The first kappa shape index (κ1) is 17.8. The molecule has 0 spiro atoms. The molecule has 0 aromatic heterocycles. The fourth-order valence-electron chi connectivity index (χ4n) is 2.81. The molecule has 3 N–H and O–H groups in total. The number of anilines is 2. The summed E-state index contributed by atoms with van der Waals surface area (Å²) >= 11 is 0. The minimum atomic E-state index is -0.255. The Morgan fingerprint density at radius 2 is 1.65 bits per heavy atom. The fourth-order valence-corrected chi connectivity index (χ4v) is 2.81. The van der Waals surface area contributed by atoms with E-state index in [-0.39, 0.29) is 23.9 Å². The van der Waals surface area contributed by atoms with Crippen molar-refractivity contribution in [2.45, 2.75) is 26.3 Å². The lowest BCUT2D eigenvalue weighted by Crippen LogP contribution is -2.34. The van der Waals surface area contributed by atoms with Crippen molar-refractivity contribution < 1.29 is 14.3 Å². The van der Waals surface area contributed by atoms with Crippen molar-refractivity contribution in [3.05, 3.63) is 54.1 Å². The van der Waals surface area contributed by atoms with Gasteiger partial charge in [0, 0.05) is 17.4 Å². The molecule has 1 aliphatic rings. The number of benzene rings is 2. The molecule has 136 valence electrons. The van der Waals surface area contributed by atoms with Crippen LogP contribution in [-0.4, -0.2) is 24.6 Å². The van der Waals surface area contributed by atoms with E-state index >= 15 is 0 Å². The first-order valence-electron chi connectivity index (χ1n) is 8.70. The van der Waals surface area contributed by atoms with Crippen molar-refractivity contribution in [2.24, 2.45) is 5.92 Å². The summed E-state index contributed by atoms with van der Waals surface area (Å²) in [4.78, 5) is 24.2. The molecular weight excluding hydrogens is 330 g/mol. The average Bonchev–Trinajstić information content (AvgIpc) is 2.62. The lowest BCUT2D eigenvalue weighted by atomic mass is 9.96. The Kier molecular flexibility index (Phi) is 5.41. The van der Waals surface area contributed by atoms with Gasteiger partial charge in [-0.15, -0.1) is 0 Å². The normalized spacial score (nSPS) is 15.6. The molecule has 0 aliphatic carbocycles. The third kappa shape index (κ3) is 4.53. The van der Waals surface area contributed by atoms with Crippen LogP contribution in [0.5, 0.6) is 5.75 Å². The molecule has 26 heavy (non-hydrogen) atoms. The smallest absolute Gasteiger partial charge is 0.319 e. The maximum atomic E-state index is 12.5. The summed E-state index contributed by atoms with van der Waals surface area (Å²) in [6, 6.07) is 14.6. The van der Waals surface area contributed by atoms with Gasteiger partial charge in [-0.2, -0.15) is 0 Å². The summed E-state index contributed by atoms with van der Waals surface area (Å²) in [6.07, 6.45) is 0.664. The Morgan fingerprint density at radius 1 is 1.00 bits per heavy atom. The van der Waals surface area contributed by atoms with Gasteiger partial charge in [0.1, 0.15) is 12.4 Å².